The molecule has 0 aromatic heterocycles. The molecule has 0 N–H and O–H groups in total. The zero-order valence-corrected chi connectivity index (χ0v) is 22.9. The van der Waals surface area contributed by atoms with Crippen LogP contribution in [0.25, 0.3) is 0 Å². The van der Waals surface area contributed by atoms with Crippen LogP contribution in [0.5, 0.6) is 0 Å². The number of carbonyl (C=O) groups excluding carboxylic acids is 1. The molecule has 0 aromatic rings. The van der Waals surface area contributed by atoms with E-state index in [1.54, 1.807) is 0 Å². The zero-order valence-electron chi connectivity index (χ0n) is 22.9. The molecule has 3 unspecified atom stereocenters. The highest BCUT2D eigenvalue weighted by Gasteiger charge is 2.49. The van der Waals surface area contributed by atoms with E-state index in [0.717, 1.165) is 44.9 Å². The number of ether oxygens (including phenoxy) is 1. The summed E-state index contributed by atoms with van der Waals surface area (Å²) in [5, 5.41) is 0. The number of hydrogen-bond acceptors (Lipinski definition) is 2. The summed E-state index contributed by atoms with van der Waals surface area (Å²) in [5.74, 6) is 2.34. The maximum atomic E-state index is 10.5. The second-order valence-electron chi connectivity index (χ2n) is 11.1. The lowest BCUT2D eigenvalue weighted by Gasteiger charge is -2.53. The SMILES string of the molecule is [CH2-]C(=C=O)CC/C=C(\C)CCC/C(C)=C/CCC1(C)CCC2=CC=C(C)C(C)C2(CCCC)O1. The monoisotopic (exact) mass is 465 g/mol. The van der Waals surface area contributed by atoms with Crippen LogP contribution >= 0.6 is 0 Å². The zero-order chi connectivity index (χ0) is 25.2. The first-order valence-corrected chi connectivity index (χ1v) is 13.6. The predicted octanol–water partition coefficient (Wildman–Crippen LogP) is 9.22. The Balaban J connectivity index is 1.87. The Morgan fingerprint density at radius 1 is 1.12 bits per heavy atom. The molecule has 190 valence electrons. The van der Waals surface area contributed by atoms with Gasteiger partial charge in [-0.3, -0.25) is 0 Å². The van der Waals surface area contributed by atoms with Gasteiger partial charge in [0.2, 0.25) is 0 Å². The summed E-state index contributed by atoms with van der Waals surface area (Å²) in [4.78, 5) is 10.5. The van der Waals surface area contributed by atoms with Crippen LogP contribution in [0.1, 0.15) is 119 Å². The third kappa shape index (κ3) is 7.89. The van der Waals surface area contributed by atoms with Gasteiger partial charge in [0, 0.05) is 5.92 Å². The van der Waals surface area contributed by atoms with Crippen molar-refractivity contribution in [3.63, 3.8) is 0 Å². The fourth-order valence-corrected chi connectivity index (χ4v) is 5.56. The molecule has 0 saturated carbocycles. The van der Waals surface area contributed by atoms with Crippen LogP contribution in [0.4, 0.5) is 0 Å². The average Bonchev–Trinajstić information content (AvgIpc) is 2.80. The predicted molar refractivity (Wildman–Crippen MR) is 146 cm³/mol. The third-order valence-electron chi connectivity index (χ3n) is 8.12. The van der Waals surface area contributed by atoms with Crippen molar-refractivity contribution in [1.29, 1.82) is 0 Å². The van der Waals surface area contributed by atoms with Crippen molar-refractivity contribution in [3.05, 3.63) is 59.1 Å². The minimum absolute atomic E-state index is 0.0456. The Bertz CT molecular complexity index is 848. The summed E-state index contributed by atoms with van der Waals surface area (Å²) in [7, 11) is 0. The molecule has 34 heavy (non-hydrogen) atoms. The summed E-state index contributed by atoms with van der Waals surface area (Å²) in [5.41, 5.74) is 6.29. The summed E-state index contributed by atoms with van der Waals surface area (Å²) in [6, 6.07) is 0. The minimum atomic E-state index is -0.0966. The van der Waals surface area contributed by atoms with Crippen molar-refractivity contribution in [2.75, 3.05) is 0 Å². The first-order valence-electron chi connectivity index (χ1n) is 13.6. The number of hydrogen-bond donors (Lipinski definition) is 0. The van der Waals surface area contributed by atoms with Gasteiger partial charge in [0.05, 0.1) is 11.2 Å². The maximum absolute atomic E-state index is 10.5. The van der Waals surface area contributed by atoms with E-state index in [-0.39, 0.29) is 11.2 Å². The molecule has 1 aliphatic carbocycles. The van der Waals surface area contributed by atoms with Crippen LogP contribution in [-0.2, 0) is 9.53 Å². The van der Waals surface area contributed by atoms with Gasteiger partial charge in [-0.15, -0.1) is 5.94 Å². The van der Waals surface area contributed by atoms with Crippen molar-refractivity contribution < 1.29 is 9.53 Å². The molecule has 0 bridgehead atoms. The summed E-state index contributed by atoms with van der Waals surface area (Å²) in [6.07, 6.45) is 22.5. The van der Waals surface area contributed by atoms with Gasteiger partial charge in [-0.2, -0.15) is 5.57 Å². The van der Waals surface area contributed by atoms with Crippen LogP contribution in [0.2, 0.25) is 0 Å². The molecule has 2 nitrogen and oxygen atoms in total. The highest BCUT2D eigenvalue weighted by molar-refractivity contribution is 5.53. The van der Waals surface area contributed by atoms with E-state index < -0.39 is 0 Å². The molecule has 1 heterocycles. The number of allylic oxidation sites excluding steroid dienone is 7. The van der Waals surface area contributed by atoms with E-state index in [4.69, 9.17) is 4.74 Å². The lowest BCUT2D eigenvalue weighted by atomic mass is 9.67. The molecule has 2 heteroatoms. The summed E-state index contributed by atoms with van der Waals surface area (Å²) >= 11 is 0. The average molecular weight is 466 g/mol. The molecule has 1 fully saturated rings. The smallest absolute Gasteiger partial charge is 0.0964 e. The van der Waals surface area contributed by atoms with Crippen LogP contribution in [-0.4, -0.2) is 17.1 Å². The molecule has 0 spiro atoms. The molecule has 1 saturated heterocycles. The standard InChI is InChI=1S/C32H49O2/c1-8-9-22-32-29(6)28(5)18-19-30(32)20-23-31(7,34-32)21-12-17-26(3)14-10-13-25(2)15-11-16-27(4)24-33/h15,17-19,29H,4,8-14,16,20-23H2,1-3,5-7H3/q-1/b25-15+,26-17+. The molecule has 2 rings (SSSR count). The van der Waals surface area contributed by atoms with Gasteiger partial charge < -0.3 is 9.53 Å². The minimum Gasteiger partial charge on any atom is -0.365 e. The van der Waals surface area contributed by atoms with Crippen molar-refractivity contribution in [2.24, 2.45) is 5.92 Å². The first kappa shape index (κ1) is 28.5. The van der Waals surface area contributed by atoms with Gasteiger partial charge in [0.25, 0.3) is 0 Å². The quantitative estimate of drug-likeness (QED) is 0.154. The van der Waals surface area contributed by atoms with E-state index >= 15 is 0 Å². The summed E-state index contributed by atoms with van der Waals surface area (Å²) in [6.45, 7) is 17.4. The Morgan fingerprint density at radius 2 is 1.79 bits per heavy atom. The normalized spacial score (nSPS) is 27.5. The van der Waals surface area contributed by atoms with Crippen LogP contribution in [0.15, 0.2) is 52.2 Å². The van der Waals surface area contributed by atoms with Gasteiger partial charge in [0.15, 0.2) is 0 Å². The van der Waals surface area contributed by atoms with Crippen LogP contribution in [0.3, 0.4) is 0 Å². The maximum Gasteiger partial charge on any atom is 0.0964 e. The molecule has 0 aromatic carbocycles. The molecule has 2 aliphatic rings. The van der Waals surface area contributed by atoms with Crippen LogP contribution in [0, 0.1) is 12.8 Å². The van der Waals surface area contributed by atoms with Crippen molar-refractivity contribution in [2.45, 2.75) is 130 Å². The highest BCUT2D eigenvalue weighted by Crippen LogP contribution is 2.51. The lowest BCUT2D eigenvalue weighted by molar-refractivity contribution is -0.177. The van der Waals surface area contributed by atoms with E-state index in [9.17, 15) is 4.79 Å². The second kappa shape index (κ2) is 13.4. The van der Waals surface area contributed by atoms with E-state index in [2.05, 4.69) is 72.8 Å². The van der Waals surface area contributed by atoms with Gasteiger partial charge in [-0.05, 0) is 97.5 Å². The van der Waals surface area contributed by atoms with Crippen molar-refractivity contribution in [3.8, 4) is 0 Å². The van der Waals surface area contributed by atoms with Crippen LogP contribution < -0.4 is 0 Å². The summed E-state index contributed by atoms with van der Waals surface area (Å²) < 4.78 is 7.13. The molecular weight excluding hydrogens is 416 g/mol. The second-order valence-corrected chi connectivity index (χ2v) is 11.1. The Morgan fingerprint density at radius 3 is 2.44 bits per heavy atom. The van der Waals surface area contributed by atoms with Gasteiger partial charge in [-0.1, -0.05) is 67.7 Å². The Kier molecular flexibility index (Phi) is 11.2. The molecule has 3 atom stereocenters. The highest BCUT2D eigenvalue weighted by atomic mass is 16.5. The molecular formula is C32H49O2-. The third-order valence-corrected chi connectivity index (χ3v) is 8.12. The van der Waals surface area contributed by atoms with Gasteiger partial charge in [0.1, 0.15) is 0 Å². The van der Waals surface area contributed by atoms with Crippen molar-refractivity contribution in [1.82, 2.24) is 0 Å². The lowest BCUT2D eigenvalue weighted by Crippen LogP contribution is -2.53. The number of rotatable bonds is 13. The van der Waals surface area contributed by atoms with E-state index in [1.165, 1.54) is 48.0 Å². The molecule has 1 aliphatic heterocycles. The fourth-order valence-electron chi connectivity index (χ4n) is 5.56. The first-order chi connectivity index (χ1) is 16.2. The Labute approximate surface area is 210 Å². The van der Waals surface area contributed by atoms with Gasteiger partial charge >= 0.3 is 0 Å². The van der Waals surface area contributed by atoms with Crippen molar-refractivity contribution >= 4 is 5.94 Å². The molecule has 0 radical (unpaired) electrons. The fraction of sp³-hybridized carbons (Fsp3) is 0.656. The Hall–Kier alpha value is -1.76. The van der Waals surface area contributed by atoms with Gasteiger partial charge in [-0.25, -0.2) is 6.92 Å². The molecule has 0 amide bonds. The van der Waals surface area contributed by atoms with E-state index in [1.807, 2.05) is 5.94 Å². The number of unbranched alkanes of at least 4 members (excludes halogenated alkanes) is 1. The number of fused-ring (bicyclic) bond motifs is 1. The van der Waals surface area contributed by atoms with E-state index in [0.29, 0.717) is 17.9 Å². The topological polar surface area (TPSA) is 26.3 Å². The largest absolute Gasteiger partial charge is 0.365 e.